The summed E-state index contributed by atoms with van der Waals surface area (Å²) in [6, 6.07) is 7.25. The van der Waals surface area contributed by atoms with Crippen LogP contribution < -0.4 is 0 Å². The monoisotopic (exact) mass is 351 g/mol. The second kappa shape index (κ2) is 6.64. The Morgan fingerprint density at radius 1 is 1.21 bits per heavy atom. The number of rotatable bonds is 4. The molecule has 1 aliphatic rings. The molecule has 2 aromatic rings. The molecule has 0 saturated carbocycles. The number of halogens is 1. The molecule has 0 spiro atoms. The molecule has 1 aromatic carbocycles. The second-order valence-corrected chi connectivity index (χ2v) is 8.35. The quantitative estimate of drug-likeness (QED) is 0.851. The average Bonchev–Trinajstić information content (AvgIpc) is 2.85. The van der Waals surface area contributed by atoms with E-state index in [0.717, 1.165) is 36.8 Å². The van der Waals surface area contributed by atoms with E-state index >= 15 is 0 Å². The lowest BCUT2D eigenvalue weighted by Crippen LogP contribution is -2.39. The third-order valence-electron chi connectivity index (χ3n) is 4.54. The van der Waals surface area contributed by atoms with Crippen LogP contribution in [0, 0.1) is 25.6 Å². The maximum absolute atomic E-state index is 13.3. The molecule has 1 fully saturated rings. The van der Waals surface area contributed by atoms with Gasteiger partial charge in [-0.25, -0.2) is 12.8 Å². The number of piperidine rings is 1. The SMILES string of the molecule is Cc1cc(C)n(CC2CCN(S(=O)(=O)c3cccc(F)c3)CC2)n1. The van der Waals surface area contributed by atoms with Crippen molar-refractivity contribution in [2.24, 2.45) is 5.92 Å². The van der Waals surface area contributed by atoms with E-state index in [1.165, 1.54) is 22.5 Å². The molecule has 5 nitrogen and oxygen atoms in total. The zero-order valence-corrected chi connectivity index (χ0v) is 14.8. The van der Waals surface area contributed by atoms with Gasteiger partial charge in [0.05, 0.1) is 10.6 Å². The van der Waals surface area contributed by atoms with Gasteiger partial charge >= 0.3 is 0 Å². The van der Waals surface area contributed by atoms with E-state index < -0.39 is 15.8 Å². The maximum atomic E-state index is 13.3. The van der Waals surface area contributed by atoms with Crippen molar-refractivity contribution in [3.8, 4) is 0 Å². The van der Waals surface area contributed by atoms with Crippen molar-refractivity contribution in [1.29, 1.82) is 0 Å². The molecule has 0 aliphatic carbocycles. The van der Waals surface area contributed by atoms with Gasteiger partial charge in [-0.3, -0.25) is 4.68 Å². The Hall–Kier alpha value is -1.73. The minimum atomic E-state index is -3.61. The first-order valence-corrected chi connectivity index (χ1v) is 9.57. The number of benzene rings is 1. The van der Waals surface area contributed by atoms with Crippen LogP contribution in [0.3, 0.4) is 0 Å². The van der Waals surface area contributed by atoms with Crippen LogP contribution in [-0.2, 0) is 16.6 Å². The molecule has 0 radical (unpaired) electrons. The lowest BCUT2D eigenvalue weighted by Gasteiger charge is -2.31. The number of hydrogen-bond acceptors (Lipinski definition) is 3. The second-order valence-electron chi connectivity index (χ2n) is 6.41. The van der Waals surface area contributed by atoms with E-state index in [1.54, 1.807) is 0 Å². The molecule has 1 saturated heterocycles. The van der Waals surface area contributed by atoms with Gasteiger partial charge in [-0.15, -0.1) is 0 Å². The zero-order valence-electron chi connectivity index (χ0n) is 13.9. The van der Waals surface area contributed by atoms with Crippen LogP contribution in [0.1, 0.15) is 24.2 Å². The topological polar surface area (TPSA) is 55.2 Å². The van der Waals surface area contributed by atoms with Crippen molar-refractivity contribution in [1.82, 2.24) is 14.1 Å². The van der Waals surface area contributed by atoms with Gasteiger partial charge < -0.3 is 0 Å². The first-order chi connectivity index (χ1) is 11.4. The molecule has 0 atom stereocenters. The van der Waals surface area contributed by atoms with Crippen molar-refractivity contribution in [3.05, 3.63) is 47.5 Å². The highest BCUT2D eigenvalue weighted by molar-refractivity contribution is 7.89. The van der Waals surface area contributed by atoms with Crippen molar-refractivity contribution in [3.63, 3.8) is 0 Å². The van der Waals surface area contributed by atoms with Crippen molar-refractivity contribution < 1.29 is 12.8 Å². The van der Waals surface area contributed by atoms with E-state index in [-0.39, 0.29) is 4.90 Å². The van der Waals surface area contributed by atoms with E-state index in [1.807, 2.05) is 24.6 Å². The van der Waals surface area contributed by atoms with Crippen molar-refractivity contribution in [2.75, 3.05) is 13.1 Å². The highest BCUT2D eigenvalue weighted by Crippen LogP contribution is 2.25. The van der Waals surface area contributed by atoms with E-state index in [0.29, 0.717) is 19.0 Å². The molecule has 24 heavy (non-hydrogen) atoms. The molecular formula is C17H22FN3O2S. The van der Waals surface area contributed by atoms with E-state index in [9.17, 15) is 12.8 Å². The van der Waals surface area contributed by atoms with Gasteiger partial charge in [0.25, 0.3) is 0 Å². The fourth-order valence-corrected chi connectivity index (χ4v) is 4.71. The lowest BCUT2D eigenvalue weighted by molar-refractivity contribution is 0.246. The van der Waals surface area contributed by atoms with Crippen LogP contribution in [-0.4, -0.2) is 35.6 Å². The van der Waals surface area contributed by atoms with E-state index in [4.69, 9.17) is 0 Å². The summed E-state index contributed by atoms with van der Waals surface area (Å²) in [4.78, 5) is 0.0273. The highest BCUT2D eigenvalue weighted by Gasteiger charge is 2.29. The summed E-state index contributed by atoms with van der Waals surface area (Å²) in [7, 11) is -3.61. The van der Waals surface area contributed by atoms with Crippen LogP contribution in [0.5, 0.6) is 0 Å². The fraction of sp³-hybridized carbons (Fsp3) is 0.471. The largest absolute Gasteiger partial charge is 0.269 e. The third kappa shape index (κ3) is 3.52. The molecule has 3 rings (SSSR count). The Morgan fingerprint density at radius 2 is 1.92 bits per heavy atom. The number of nitrogens with zero attached hydrogens (tertiary/aromatic N) is 3. The van der Waals surface area contributed by atoms with Gasteiger partial charge in [0.15, 0.2) is 0 Å². The Balaban J connectivity index is 1.65. The van der Waals surface area contributed by atoms with Crippen molar-refractivity contribution in [2.45, 2.75) is 38.1 Å². The first-order valence-electron chi connectivity index (χ1n) is 8.13. The Bertz CT molecular complexity index is 824. The van der Waals surface area contributed by atoms with Gasteiger partial charge in [-0.1, -0.05) is 6.07 Å². The number of aryl methyl sites for hydroxylation is 2. The zero-order chi connectivity index (χ0) is 17.3. The molecular weight excluding hydrogens is 329 g/mol. The smallest absolute Gasteiger partial charge is 0.243 e. The molecule has 0 bridgehead atoms. The van der Waals surface area contributed by atoms with Crippen LogP contribution in [0.4, 0.5) is 4.39 Å². The molecule has 7 heteroatoms. The summed E-state index contributed by atoms with van der Waals surface area (Å²) in [6.07, 6.45) is 1.57. The number of hydrogen-bond donors (Lipinski definition) is 0. The van der Waals surface area contributed by atoms with Crippen LogP contribution in [0.15, 0.2) is 35.2 Å². The van der Waals surface area contributed by atoms with Crippen LogP contribution in [0.2, 0.25) is 0 Å². The standard InChI is InChI=1S/C17H22FN3O2S/c1-13-10-14(2)21(19-13)12-15-6-8-20(9-7-15)24(22,23)17-5-3-4-16(18)11-17/h3-5,10-11,15H,6-9,12H2,1-2H3. The van der Waals surface area contributed by atoms with Crippen molar-refractivity contribution >= 4 is 10.0 Å². The number of sulfonamides is 1. The minimum Gasteiger partial charge on any atom is -0.269 e. The molecule has 1 aromatic heterocycles. The summed E-state index contributed by atoms with van der Waals surface area (Å²) in [6.45, 7) is 5.74. The summed E-state index contributed by atoms with van der Waals surface area (Å²) in [5, 5.41) is 4.47. The molecule has 0 N–H and O–H groups in total. The molecule has 1 aliphatic heterocycles. The van der Waals surface area contributed by atoms with Gasteiger partial charge in [0.2, 0.25) is 10.0 Å². The number of aromatic nitrogens is 2. The molecule has 0 unspecified atom stereocenters. The predicted molar refractivity (Wildman–Crippen MR) is 89.6 cm³/mol. The van der Waals surface area contributed by atoms with Gasteiger partial charge in [-0.2, -0.15) is 9.40 Å². The first kappa shape index (κ1) is 17.1. The molecule has 130 valence electrons. The Morgan fingerprint density at radius 3 is 2.50 bits per heavy atom. The van der Waals surface area contributed by atoms with E-state index in [2.05, 4.69) is 5.10 Å². The lowest BCUT2D eigenvalue weighted by atomic mass is 9.98. The average molecular weight is 351 g/mol. The summed E-state index contributed by atoms with van der Waals surface area (Å²) in [5.41, 5.74) is 2.13. The fourth-order valence-electron chi connectivity index (χ4n) is 3.21. The normalized spacial score (nSPS) is 17.3. The minimum absolute atomic E-state index is 0.0273. The Kier molecular flexibility index (Phi) is 4.73. The van der Waals surface area contributed by atoms with Gasteiger partial charge in [-0.05, 0) is 56.9 Å². The maximum Gasteiger partial charge on any atom is 0.243 e. The molecule has 2 heterocycles. The molecule has 0 amide bonds. The summed E-state index contributed by atoms with van der Waals surface area (Å²) in [5.74, 6) is -0.127. The Labute approximate surface area is 142 Å². The van der Waals surface area contributed by atoms with Crippen LogP contribution in [0.25, 0.3) is 0 Å². The predicted octanol–water partition coefficient (Wildman–Crippen LogP) is 2.74. The third-order valence-corrected chi connectivity index (χ3v) is 6.44. The highest BCUT2D eigenvalue weighted by atomic mass is 32.2. The van der Waals surface area contributed by atoms with Gasteiger partial charge in [0, 0.05) is 25.3 Å². The van der Waals surface area contributed by atoms with Gasteiger partial charge in [0.1, 0.15) is 5.82 Å². The summed E-state index contributed by atoms with van der Waals surface area (Å²) >= 11 is 0. The summed E-state index contributed by atoms with van der Waals surface area (Å²) < 4.78 is 42.0. The van der Waals surface area contributed by atoms with Crippen LogP contribution >= 0.6 is 0 Å².